The molecule has 0 aliphatic rings. The summed E-state index contributed by atoms with van der Waals surface area (Å²) in [6, 6.07) is 4.20. The normalized spacial score (nSPS) is 11.8. The van der Waals surface area contributed by atoms with Gasteiger partial charge in [0, 0.05) is 10.0 Å². The zero-order valence-electron chi connectivity index (χ0n) is 8.61. The maximum absolute atomic E-state index is 6.06. The molecule has 0 saturated heterocycles. The monoisotopic (exact) mass is 241 g/mol. The Morgan fingerprint density at radius 2 is 1.77 bits per heavy atom. The zero-order chi connectivity index (χ0) is 10.2. The number of hydrogen-bond acceptors (Lipinski definition) is 1. The Morgan fingerprint density at radius 3 is 2.23 bits per heavy atom. The molecule has 0 spiro atoms. The highest BCUT2D eigenvalue weighted by molar-refractivity contribution is 9.10. The molecule has 1 nitrogen and oxygen atoms in total. The van der Waals surface area contributed by atoms with Gasteiger partial charge in [0.05, 0.1) is 0 Å². The molecule has 0 atom stereocenters. The Balaban J connectivity index is 3.35. The SMILES string of the molecule is Cc1ccc(C(C)(C)N)c(C)c1Br. The van der Waals surface area contributed by atoms with Crippen LogP contribution in [0.4, 0.5) is 0 Å². The molecular formula is C11H16BrN. The summed E-state index contributed by atoms with van der Waals surface area (Å²) in [7, 11) is 0. The van der Waals surface area contributed by atoms with Gasteiger partial charge >= 0.3 is 0 Å². The van der Waals surface area contributed by atoms with E-state index in [0.717, 1.165) is 0 Å². The average Bonchev–Trinajstić information content (AvgIpc) is 1.98. The maximum atomic E-state index is 6.06. The molecule has 1 rings (SSSR count). The second-order valence-corrected chi connectivity index (χ2v) is 4.88. The summed E-state index contributed by atoms with van der Waals surface area (Å²) in [5, 5.41) is 0. The van der Waals surface area contributed by atoms with Crippen LogP contribution in [0.3, 0.4) is 0 Å². The second kappa shape index (κ2) is 3.43. The van der Waals surface area contributed by atoms with Crippen molar-refractivity contribution in [3.8, 4) is 0 Å². The van der Waals surface area contributed by atoms with E-state index in [2.05, 4.69) is 41.9 Å². The highest BCUT2D eigenvalue weighted by Gasteiger charge is 2.18. The van der Waals surface area contributed by atoms with Crippen molar-refractivity contribution in [2.45, 2.75) is 33.2 Å². The molecule has 0 amide bonds. The summed E-state index contributed by atoms with van der Waals surface area (Å²) < 4.78 is 1.17. The molecule has 2 heteroatoms. The lowest BCUT2D eigenvalue weighted by Gasteiger charge is -2.23. The van der Waals surface area contributed by atoms with E-state index in [4.69, 9.17) is 5.73 Å². The minimum atomic E-state index is -0.264. The van der Waals surface area contributed by atoms with Gasteiger partial charge in [0.15, 0.2) is 0 Å². The topological polar surface area (TPSA) is 26.0 Å². The number of aryl methyl sites for hydroxylation is 1. The summed E-state index contributed by atoms with van der Waals surface area (Å²) in [4.78, 5) is 0. The lowest BCUT2D eigenvalue weighted by molar-refractivity contribution is 0.550. The van der Waals surface area contributed by atoms with Crippen molar-refractivity contribution in [3.05, 3.63) is 33.3 Å². The van der Waals surface area contributed by atoms with E-state index < -0.39 is 0 Å². The highest BCUT2D eigenvalue weighted by Crippen LogP contribution is 2.29. The molecule has 0 aromatic heterocycles. The number of rotatable bonds is 1. The fourth-order valence-corrected chi connectivity index (χ4v) is 1.86. The average molecular weight is 242 g/mol. The molecular weight excluding hydrogens is 226 g/mol. The summed E-state index contributed by atoms with van der Waals surface area (Å²) in [5.74, 6) is 0. The van der Waals surface area contributed by atoms with Gasteiger partial charge in [-0.3, -0.25) is 0 Å². The Labute approximate surface area is 88.5 Å². The summed E-state index contributed by atoms with van der Waals surface area (Å²) in [6.07, 6.45) is 0. The van der Waals surface area contributed by atoms with Crippen molar-refractivity contribution in [2.24, 2.45) is 5.73 Å². The summed E-state index contributed by atoms with van der Waals surface area (Å²) >= 11 is 3.57. The highest BCUT2D eigenvalue weighted by atomic mass is 79.9. The number of hydrogen-bond donors (Lipinski definition) is 1. The second-order valence-electron chi connectivity index (χ2n) is 4.09. The zero-order valence-corrected chi connectivity index (χ0v) is 10.2. The lowest BCUT2D eigenvalue weighted by Crippen LogP contribution is -2.29. The molecule has 1 aromatic rings. The number of halogens is 1. The molecule has 72 valence electrons. The molecule has 0 radical (unpaired) electrons. The van der Waals surface area contributed by atoms with Crippen molar-refractivity contribution >= 4 is 15.9 Å². The van der Waals surface area contributed by atoms with E-state index in [1.165, 1.54) is 21.2 Å². The quantitative estimate of drug-likeness (QED) is 0.803. The van der Waals surface area contributed by atoms with Gasteiger partial charge in [-0.1, -0.05) is 28.1 Å². The Bertz CT molecular complexity index is 324. The third kappa shape index (κ3) is 2.12. The van der Waals surface area contributed by atoms with E-state index in [1.54, 1.807) is 0 Å². The van der Waals surface area contributed by atoms with Gasteiger partial charge in [-0.05, 0) is 44.4 Å². The fraction of sp³-hybridized carbons (Fsp3) is 0.455. The van der Waals surface area contributed by atoms with Gasteiger partial charge in [0.2, 0.25) is 0 Å². The van der Waals surface area contributed by atoms with Gasteiger partial charge in [-0.25, -0.2) is 0 Å². The van der Waals surface area contributed by atoms with Crippen LogP contribution in [0.15, 0.2) is 16.6 Å². The third-order valence-corrected chi connectivity index (χ3v) is 3.49. The molecule has 2 N–H and O–H groups in total. The largest absolute Gasteiger partial charge is 0.322 e. The first-order valence-electron chi connectivity index (χ1n) is 4.39. The summed E-state index contributed by atoms with van der Waals surface area (Å²) in [6.45, 7) is 8.24. The van der Waals surface area contributed by atoms with E-state index in [0.29, 0.717) is 0 Å². The molecule has 13 heavy (non-hydrogen) atoms. The van der Waals surface area contributed by atoms with Gasteiger partial charge in [0.25, 0.3) is 0 Å². The first kappa shape index (κ1) is 10.7. The smallest absolute Gasteiger partial charge is 0.0355 e. The molecule has 0 saturated carbocycles. The molecule has 1 aromatic carbocycles. The van der Waals surface area contributed by atoms with E-state index in [1.807, 2.05) is 13.8 Å². The number of benzene rings is 1. The number of nitrogens with two attached hydrogens (primary N) is 1. The van der Waals surface area contributed by atoms with Gasteiger partial charge in [0.1, 0.15) is 0 Å². The van der Waals surface area contributed by atoms with Crippen LogP contribution in [0.5, 0.6) is 0 Å². The van der Waals surface area contributed by atoms with Crippen LogP contribution in [0, 0.1) is 13.8 Å². The molecule has 0 heterocycles. The first-order chi connectivity index (χ1) is 5.84. The van der Waals surface area contributed by atoms with Crippen molar-refractivity contribution in [1.82, 2.24) is 0 Å². The van der Waals surface area contributed by atoms with E-state index in [9.17, 15) is 0 Å². The Kier molecular flexibility index (Phi) is 2.83. The van der Waals surface area contributed by atoms with Crippen LogP contribution >= 0.6 is 15.9 Å². The van der Waals surface area contributed by atoms with Crippen LogP contribution in [0.1, 0.15) is 30.5 Å². The standard InChI is InChI=1S/C11H16BrN/c1-7-5-6-9(11(3,4)13)8(2)10(7)12/h5-6H,13H2,1-4H3. The maximum Gasteiger partial charge on any atom is 0.0355 e. The predicted molar refractivity (Wildman–Crippen MR) is 60.8 cm³/mol. The molecule has 0 unspecified atom stereocenters. The van der Waals surface area contributed by atoms with Crippen molar-refractivity contribution < 1.29 is 0 Å². The van der Waals surface area contributed by atoms with Crippen LogP contribution < -0.4 is 5.73 Å². The first-order valence-corrected chi connectivity index (χ1v) is 5.18. The van der Waals surface area contributed by atoms with Gasteiger partial charge in [-0.15, -0.1) is 0 Å². The molecule has 0 aliphatic carbocycles. The Hall–Kier alpha value is -0.340. The van der Waals surface area contributed by atoms with Gasteiger partial charge < -0.3 is 5.73 Å². The minimum Gasteiger partial charge on any atom is -0.322 e. The van der Waals surface area contributed by atoms with Crippen molar-refractivity contribution in [2.75, 3.05) is 0 Å². The molecule has 0 aliphatic heterocycles. The van der Waals surface area contributed by atoms with Crippen LogP contribution in [0.2, 0.25) is 0 Å². The molecule has 0 fully saturated rings. The lowest BCUT2D eigenvalue weighted by atomic mass is 9.90. The van der Waals surface area contributed by atoms with Crippen molar-refractivity contribution in [1.29, 1.82) is 0 Å². The fourth-order valence-electron chi connectivity index (χ4n) is 1.52. The van der Waals surface area contributed by atoms with Gasteiger partial charge in [-0.2, -0.15) is 0 Å². The van der Waals surface area contributed by atoms with Crippen LogP contribution in [0.25, 0.3) is 0 Å². The van der Waals surface area contributed by atoms with Crippen LogP contribution in [-0.2, 0) is 5.54 Å². The summed E-state index contributed by atoms with van der Waals surface area (Å²) in [5.41, 5.74) is 9.49. The van der Waals surface area contributed by atoms with Crippen molar-refractivity contribution in [3.63, 3.8) is 0 Å². The molecule has 0 bridgehead atoms. The third-order valence-electron chi connectivity index (χ3n) is 2.27. The van der Waals surface area contributed by atoms with E-state index in [-0.39, 0.29) is 5.54 Å². The van der Waals surface area contributed by atoms with Crippen LogP contribution in [-0.4, -0.2) is 0 Å². The minimum absolute atomic E-state index is 0.264. The van der Waals surface area contributed by atoms with E-state index >= 15 is 0 Å². The predicted octanol–water partition coefficient (Wildman–Crippen LogP) is 3.26. The Morgan fingerprint density at radius 1 is 1.23 bits per heavy atom.